The Morgan fingerprint density at radius 3 is 1.07 bits per heavy atom. The topological polar surface area (TPSA) is 44.4 Å². The van der Waals surface area contributed by atoms with Crippen molar-refractivity contribution >= 4 is 79.6 Å². The summed E-state index contributed by atoms with van der Waals surface area (Å²) in [6.45, 7) is 25.7. The van der Waals surface area contributed by atoms with E-state index in [9.17, 15) is 0 Å². The number of hydrogen-bond acceptors (Lipinski definition) is 10. The van der Waals surface area contributed by atoms with Crippen LogP contribution in [0, 0.1) is 83.1 Å². The lowest BCUT2D eigenvalue weighted by molar-refractivity contribution is 0.478. The predicted molar refractivity (Wildman–Crippen MR) is 344 cm³/mol. The fourth-order valence-corrected chi connectivity index (χ4v) is 12.5. The molecule has 9 aromatic rings. The third kappa shape index (κ3) is 8.69. The number of rotatable bonds is 10. The first-order valence-electron chi connectivity index (χ1n) is 30.1. The van der Waals surface area contributed by atoms with Gasteiger partial charge in [0.05, 0.1) is 58.8 Å². The number of hydrogen-bond donors (Lipinski definition) is 0. The average molecular weight is 1090 g/mol. The third-order valence-electron chi connectivity index (χ3n) is 18.4. The van der Waals surface area contributed by atoms with E-state index >= 15 is 0 Å². The summed E-state index contributed by atoms with van der Waals surface area (Å²) < 4.78 is 39.1. The normalized spacial score (nSPS) is 15.0. The molecule has 0 saturated carbocycles. The van der Waals surface area contributed by atoms with Gasteiger partial charge >= 0.3 is 0 Å². The molecule has 0 spiro atoms. The quantitative estimate of drug-likeness (QED) is 0.132. The zero-order valence-corrected chi connectivity index (χ0v) is 49.6. The molecule has 0 fully saturated rings. The molecule has 4 aliphatic heterocycles. The molecule has 0 atom stereocenters. The zero-order chi connectivity index (χ0) is 59.7. The predicted octanol–water partition coefficient (Wildman–Crippen LogP) is 18.6. The summed E-state index contributed by atoms with van der Waals surface area (Å²) in [7, 11) is 2.17. The molecule has 0 N–H and O–H groups in total. The highest BCUT2D eigenvalue weighted by molar-refractivity contribution is 5.91. The Bertz CT molecular complexity index is 4200. The molecule has 4 aliphatic rings. The fraction of sp³-hybridized carbons (Fsp3) is 0.250. The van der Waals surface area contributed by atoms with E-state index in [0.717, 1.165) is 120 Å². The Kier molecular flexibility index (Phi) is 11.9. The molecule has 0 unspecified atom stereocenters. The van der Waals surface area contributed by atoms with Crippen LogP contribution in [0.4, 0.5) is 79.6 Å². The molecule has 0 saturated heterocycles. The van der Waals surface area contributed by atoms with Crippen molar-refractivity contribution in [3.8, 4) is 23.0 Å². The van der Waals surface area contributed by atoms with Crippen LogP contribution >= 0.6 is 0 Å². The number of ether oxygens (including phenoxy) is 2. The molecule has 0 aromatic heterocycles. The highest BCUT2D eigenvalue weighted by atomic mass is 16.5. The van der Waals surface area contributed by atoms with Gasteiger partial charge in [0.2, 0.25) is 0 Å². The Morgan fingerprint density at radius 2 is 0.646 bits per heavy atom. The van der Waals surface area contributed by atoms with Gasteiger partial charge in [0.25, 0.3) is 0 Å². The van der Waals surface area contributed by atoms with Gasteiger partial charge in [-0.2, -0.15) is 0 Å². The summed E-state index contributed by atoms with van der Waals surface area (Å²) in [4.78, 5) is 17.9. The molecule has 414 valence electrons. The largest absolute Gasteiger partial charge is 0.457 e. The van der Waals surface area contributed by atoms with Crippen LogP contribution in [0.1, 0.15) is 70.9 Å². The summed E-state index contributed by atoms with van der Waals surface area (Å²) in [5.41, 5.74) is 29.1. The van der Waals surface area contributed by atoms with Gasteiger partial charge in [-0.25, -0.2) is 0 Å². The van der Waals surface area contributed by atoms with Gasteiger partial charge in [-0.05, 0) is 247 Å². The van der Waals surface area contributed by atoms with Crippen molar-refractivity contribution < 1.29 is 13.6 Å². The maximum atomic E-state index is 8.43. The highest BCUT2D eigenvalue weighted by Crippen LogP contribution is 2.51. The van der Waals surface area contributed by atoms with E-state index in [1.165, 1.54) is 49.7 Å². The van der Waals surface area contributed by atoms with Crippen molar-refractivity contribution in [1.29, 1.82) is 0 Å². The van der Waals surface area contributed by atoms with Crippen molar-refractivity contribution in [1.82, 2.24) is 0 Å². The lowest BCUT2D eigenvalue weighted by atomic mass is 10.00. The van der Waals surface area contributed by atoms with Crippen molar-refractivity contribution in [2.45, 2.75) is 83.1 Å². The van der Waals surface area contributed by atoms with Crippen molar-refractivity contribution in [2.24, 2.45) is 0 Å². The molecule has 0 radical (unpaired) electrons. The summed E-state index contributed by atoms with van der Waals surface area (Å²) in [5.74, 6) is 3.09. The molecule has 10 nitrogen and oxygen atoms in total. The zero-order valence-electron chi connectivity index (χ0n) is 52.6. The second kappa shape index (κ2) is 19.9. The van der Waals surface area contributed by atoms with Gasteiger partial charge < -0.3 is 48.7 Å². The number of aryl methyl sites for hydroxylation is 6. The summed E-state index contributed by atoms with van der Waals surface area (Å²) in [6.07, 6.45) is 0. The van der Waals surface area contributed by atoms with Crippen molar-refractivity contribution in [3.05, 3.63) is 212 Å². The van der Waals surface area contributed by atoms with Crippen molar-refractivity contribution in [3.63, 3.8) is 0 Å². The highest BCUT2D eigenvalue weighted by Gasteiger charge is 2.34. The first kappa shape index (κ1) is 48.8. The van der Waals surface area contributed by atoms with Gasteiger partial charge in [-0.1, -0.05) is 24.3 Å². The van der Waals surface area contributed by atoms with Crippen LogP contribution in [-0.2, 0) is 0 Å². The molecule has 0 amide bonds. The number of fused-ring (bicyclic) bond motifs is 4. The third-order valence-corrected chi connectivity index (χ3v) is 18.4. The number of para-hydroxylation sites is 2. The fourth-order valence-electron chi connectivity index (χ4n) is 12.5. The minimum Gasteiger partial charge on any atom is -0.457 e. The Balaban J connectivity index is 0.752. The lowest BCUT2D eigenvalue weighted by Crippen LogP contribution is -2.25. The second-order valence-corrected chi connectivity index (χ2v) is 23.3. The van der Waals surface area contributed by atoms with Gasteiger partial charge in [0.1, 0.15) is 36.3 Å². The Morgan fingerprint density at radius 1 is 0.293 bits per heavy atom. The molecule has 82 heavy (non-hydrogen) atoms. The average Bonchev–Trinajstić information content (AvgIpc) is 4.00. The minimum absolute atomic E-state index is 0.209. The molecule has 9 aromatic carbocycles. The van der Waals surface area contributed by atoms with Crippen LogP contribution in [0.15, 0.2) is 146 Å². The van der Waals surface area contributed by atoms with Gasteiger partial charge in [0, 0.05) is 76.5 Å². The first-order valence-corrected chi connectivity index (χ1v) is 28.6. The van der Waals surface area contributed by atoms with Gasteiger partial charge in [0.15, 0.2) is 0 Å². The van der Waals surface area contributed by atoms with Crippen molar-refractivity contribution in [2.75, 3.05) is 79.9 Å². The van der Waals surface area contributed by atoms with E-state index in [-0.39, 0.29) is 6.67 Å². The molecule has 0 bridgehead atoms. The molecule has 10 heteroatoms. The van der Waals surface area contributed by atoms with E-state index in [2.05, 4.69) is 251 Å². The Hall–Kier alpha value is -9.02. The first-order chi connectivity index (χ1) is 40.6. The molecular weight excluding hydrogens is 1010 g/mol. The van der Waals surface area contributed by atoms with E-state index in [1.807, 2.05) is 19.1 Å². The number of benzene rings is 9. The maximum absolute atomic E-state index is 8.43. The summed E-state index contributed by atoms with van der Waals surface area (Å²) >= 11 is 0. The minimum atomic E-state index is -2.30. The van der Waals surface area contributed by atoms with Crippen LogP contribution in [0.2, 0.25) is 0 Å². The van der Waals surface area contributed by atoms with E-state index in [0.29, 0.717) is 24.8 Å². The van der Waals surface area contributed by atoms with Crippen LogP contribution < -0.4 is 48.7 Å². The standard InChI is InChI=1S/C72H74N8O2/c1-43-29-65-67(31-45(43)3)79(39-73(65)13)63-37-71(53(11)49(7)51(63)9)81-59-21-17-19-57(35-59)77-41-75(61-23-15-16-24-62(61)77)55-25-27-56(28-26-55)76-42-78(70-34-48(6)47(5)33-69(70)76)58-20-18-22-60(36-58)82-72-38-64(52(10)50(8)54(72)12)80-40-74(14)66-30-44(2)46(4)32-68(66)80/h15-38H,39-42H2,1-14H3/i13D3. The molecular formula is C72H74N8O2. The maximum Gasteiger partial charge on any atom is 0.132 e. The second-order valence-electron chi connectivity index (χ2n) is 23.3. The molecule has 0 aliphatic carbocycles. The summed E-state index contributed by atoms with van der Waals surface area (Å²) in [6, 6.07) is 52.1. The van der Waals surface area contributed by atoms with Gasteiger partial charge in [-0.15, -0.1) is 0 Å². The van der Waals surface area contributed by atoms with E-state index in [4.69, 9.17) is 13.6 Å². The smallest absolute Gasteiger partial charge is 0.132 e. The van der Waals surface area contributed by atoms with Crippen LogP contribution in [-0.4, -0.2) is 40.7 Å². The Labute approximate surface area is 489 Å². The molecule has 4 heterocycles. The lowest BCUT2D eigenvalue weighted by Gasteiger charge is -2.26. The van der Waals surface area contributed by atoms with Crippen LogP contribution in [0.3, 0.4) is 0 Å². The molecule has 13 rings (SSSR count). The van der Waals surface area contributed by atoms with Crippen LogP contribution in [0.25, 0.3) is 0 Å². The SMILES string of the molecule is [2H]C([2H])([2H])N1CN(c2cc(Oc3cccc(N4CN(c5ccc(N6CN(c7cccc(Oc8cc(N9CN(C)c%10cc(C)c(C)cc%109)c(C)c(C)c8C)c7)c7cc(C)c(C)cc76)cc5)c5ccccc54)c3)c(C)c(C)c2C)c2cc(C)c(C)cc21. The summed E-state index contributed by atoms with van der Waals surface area (Å²) in [5, 5.41) is 0. The monoisotopic (exact) mass is 1090 g/mol. The van der Waals surface area contributed by atoms with E-state index in [1.54, 1.807) is 0 Å². The van der Waals surface area contributed by atoms with Gasteiger partial charge in [-0.3, -0.25) is 0 Å². The van der Waals surface area contributed by atoms with Crippen LogP contribution in [0.5, 0.6) is 23.0 Å². The number of nitrogens with zero attached hydrogens (tertiary/aromatic N) is 8. The van der Waals surface area contributed by atoms with E-state index < -0.39 is 6.98 Å². The number of anilines is 14.